The molecule has 0 aliphatic heterocycles. The molecule has 0 heterocycles. The molecule has 2 aromatic rings. The zero-order valence-electron chi connectivity index (χ0n) is 17.3. The van der Waals surface area contributed by atoms with Gasteiger partial charge in [0, 0.05) is 23.4 Å². The lowest BCUT2D eigenvalue weighted by molar-refractivity contribution is -0.154. The highest BCUT2D eigenvalue weighted by Gasteiger charge is 2.16. The number of rotatable bonds is 6. The Kier molecular flexibility index (Phi) is 6.98. The summed E-state index contributed by atoms with van der Waals surface area (Å²) in [7, 11) is 0. The first kappa shape index (κ1) is 21.9. The Bertz CT molecular complexity index is 917. The van der Waals surface area contributed by atoms with Crippen LogP contribution >= 0.6 is 0 Å². The number of nitrogens with one attached hydrogen (secondary N) is 3. The lowest BCUT2D eigenvalue weighted by Crippen LogP contribution is -2.24. The number of hydrogen-bond acceptors (Lipinski definition) is 4. The fourth-order valence-electron chi connectivity index (χ4n) is 2.75. The molecule has 0 spiro atoms. The molecule has 0 bridgehead atoms. The second-order valence-electron chi connectivity index (χ2n) is 7.81. The van der Waals surface area contributed by atoms with Gasteiger partial charge in [-0.1, -0.05) is 18.2 Å². The van der Waals surface area contributed by atoms with E-state index < -0.39 is 5.60 Å². The molecule has 7 nitrogen and oxygen atoms in total. The van der Waals surface area contributed by atoms with Crippen molar-refractivity contribution in [1.29, 1.82) is 5.41 Å². The van der Waals surface area contributed by atoms with E-state index in [-0.39, 0.29) is 17.8 Å². The molecule has 0 aromatic heterocycles. The number of carbonyl (C=O) groups excluding carboxylic acids is 2. The van der Waals surface area contributed by atoms with Crippen LogP contribution in [0, 0.1) is 12.3 Å². The van der Waals surface area contributed by atoms with Gasteiger partial charge in [-0.05, 0) is 69.5 Å². The third-order valence-corrected chi connectivity index (χ3v) is 3.98. The number of guanidine groups is 1. The van der Waals surface area contributed by atoms with E-state index in [1.54, 1.807) is 24.3 Å². The van der Waals surface area contributed by atoms with E-state index in [9.17, 15) is 9.59 Å². The average Bonchev–Trinajstić information content (AvgIpc) is 2.60. The van der Waals surface area contributed by atoms with Crippen molar-refractivity contribution in [2.24, 2.45) is 5.73 Å². The maximum Gasteiger partial charge on any atom is 0.306 e. The molecule has 0 fully saturated rings. The number of aryl methyl sites for hydroxylation is 2. The van der Waals surface area contributed by atoms with Crippen LogP contribution < -0.4 is 16.4 Å². The minimum absolute atomic E-state index is 0.194. The monoisotopic (exact) mass is 396 g/mol. The summed E-state index contributed by atoms with van der Waals surface area (Å²) >= 11 is 0. The molecule has 0 radical (unpaired) electrons. The second-order valence-corrected chi connectivity index (χ2v) is 7.81. The van der Waals surface area contributed by atoms with Crippen molar-refractivity contribution < 1.29 is 14.3 Å². The molecule has 0 aliphatic carbocycles. The van der Waals surface area contributed by atoms with Gasteiger partial charge < -0.3 is 21.1 Å². The van der Waals surface area contributed by atoms with Gasteiger partial charge in [0.05, 0.1) is 0 Å². The lowest BCUT2D eigenvalue weighted by atomic mass is 10.0. The average molecular weight is 396 g/mol. The fraction of sp³-hybridized carbons (Fsp3) is 0.318. The molecule has 0 saturated carbocycles. The van der Waals surface area contributed by atoms with Crippen molar-refractivity contribution in [3.05, 3.63) is 59.2 Å². The van der Waals surface area contributed by atoms with Crippen molar-refractivity contribution in [2.45, 2.75) is 46.1 Å². The summed E-state index contributed by atoms with van der Waals surface area (Å²) in [5.41, 5.74) is 8.45. The van der Waals surface area contributed by atoms with Crippen molar-refractivity contribution in [1.82, 2.24) is 0 Å². The van der Waals surface area contributed by atoms with E-state index in [4.69, 9.17) is 15.9 Å². The summed E-state index contributed by atoms with van der Waals surface area (Å²) < 4.78 is 5.33. The van der Waals surface area contributed by atoms with Gasteiger partial charge in [-0.2, -0.15) is 0 Å². The topological polar surface area (TPSA) is 117 Å². The number of nitrogens with two attached hydrogens (primary N) is 1. The zero-order chi connectivity index (χ0) is 21.6. The Balaban J connectivity index is 2.01. The van der Waals surface area contributed by atoms with Crippen LogP contribution in [-0.4, -0.2) is 23.4 Å². The predicted molar refractivity (Wildman–Crippen MR) is 115 cm³/mol. The fourth-order valence-corrected chi connectivity index (χ4v) is 2.75. The first-order valence-corrected chi connectivity index (χ1v) is 9.37. The Morgan fingerprint density at radius 3 is 2.45 bits per heavy atom. The van der Waals surface area contributed by atoms with Crippen LogP contribution in [0.25, 0.3) is 0 Å². The SMILES string of the molecule is Cc1cc(CCC(=O)OC(C)(C)C)ccc1NC(=O)c1cccc(NC(=N)N)c1. The third-order valence-electron chi connectivity index (χ3n) is 3.98. The highest BCUT2D eigenvalue weighted by molar-refractivity contribution is 6.05. The lowest BCUT2D eigenvalue weighted by Gasteiger charge is -2.19. The normalized spacial score (nSPS) is 10.9. The van der Waals surface area contributed by atoms with E-state index in [0.29, 0.717) is 29.8 Å². The Morgan fingerprint density at radius 1 is 1.10 bits per heavy atom. The van der Waals surface area contributed by atoms with E-state index in [1.807, 2.05) is 45.9 Å². The number of carbonyl (C=O) groups is 2. The van der Waals surface area contributed by atoms with Crippen molar-refractivity contribution in [3.8, 4) is 0 Å². The molecule has 0 aliphatic rings. The maximum absolute atomic E-state index is 12.6. The van der Waals surface area contributed by atoms with Gasteiger partial charge in [-0.25, -0.2) is 0 Å². The molecule has 2 aromatic carbocycles. The molecule has 2 rings (SSSR count). The van der Waals surface area contributed by atoms with Crippen molar-refractivity contribution in [2.75, 3.05) is 10.6 Å². The maximum atomic E-state index is 12.6. The summed E-state index contributed by atoms with van der Waals surface area (Å²) in [5, 5.41) is 12.8. The molecule has 154 valence electrons. The summed E-state index contributed by atoms with van der Waals surface area (Å²) in [6, 6.07) is 12.4. The van der Waals surface area contributed by atoms with E-state index in [0.717, 1.165) is 11.1 Å². The standard InChI is InChI=1S/C22H28N4O3/c1-14-12-15(9-11-19(27)29-22(2,3)4)8-10-18(14)26-20(28)16-6-5-7-17(13-16)25-21(23)24/h5-8,10,12-13H,9,11H2,1-4H3,(H,26,28)(H4,23,24,25). The van der Waals surface area contributed by atoms with Crippen molar-refractivity contribution >= 4 is 29.2 Å². The van der Waals surface area contributed by atoms with E-state index in [1.165, 1.54) is 0 Å². The van der Waals surface area contributed by atoms with Crippen LogP contribution in [0.15, 0.2) is 42.5 Å². The first-order valence-electron chi connectivity index (χ1n) is 9.37. The summed E-state index contributed by atoms with van der Waals surface area (Å²) in [4.78, 5) is 24.4. The highest BCUT2D eigenvalue weighted by atomic mass is 16.6. The number of ether oxygens (including phenoxy) is 1. The van der Waals surface area contributed by atoms with Crippen LogP contribution in [0.4, 0.5) is 11.4 Å². The second kappa shape index (κ2) is 9.23. The van der Waals surface area contributed by atoms with E-state index in [2.05, 4.69) is 10.6 Å². The van der Waals surface area contributed by atoms with Gasteiger partial charge in [0.15, 0.2) is 5.96 Å². The van der Waals surface area contributed by atoms with Crippen LogP contribution in [0.3, 0.4) is 0 Å². The smallest absolute Gasteiger partial charge is 0.306 e. The van der Waals surface area contributed by atoms with Crippen molar-refractivity contribution in [3.63, 3.8) is 0 Å². The van der Waals surface area contributed by atoms with Gasteiger partial charge >= 0.3 is 5.97 Å². The molecule has 0 saturated heterocycles. The summed E-state index contributed by atoms with van der Waals surface area (Å²) in [6.45, 7) is 7.44. The van der Waals surface area contributed by atoms with Gasteiger partial charge in [0.2, 0.25) is 0 Å². The number of hydrogen-bond donors (Lipinski definition) is 4. The molecule has 29 heavy (non-hydrogen) atoms. The zero-order valence-corrected chi connectivity index (χ0v) is 17.3. The van der Waals surface area contributed by atoms with Gasteiger partial charge in [0.1, 0.15) is 5.60 Å². The molecule has 0 atom stereocenters. The number of amides is 1. The Morgan fingerprint density at radius 2 is 1.83 bits per heavy atom. The van der Waals surface area contributed by atoms with Crippen LogP contribution in [0.1, 0.15) is 48.7 Å². The van der Waals surface area contributed by atoms with Crippen LogP contribution in [-0.2, 0) is 16.0 Å². The molecule has 0 unspecified atom stereocenters. The number of benzene rings is 2. The quantitative estimate of drug-likeness (QED) is 0.336. The molecule has 1 amide bonds. The molecule has 5 N–H and O–H groups in total. The van der Waals surface area contributed by atoms with Gasteiger partial charge in [0.25, 0.3) is 5.91 Å². The highest BCUT2D eigenvalue weighted by Crippen LogP contribution is 2.20. The Labute approximate surface area is 171 Å². The molecule has 7 heteroatoms. The predicted octanol–water partition coefficient (Wildman–Crippen LogP) is 3.83. The van der Waals surface area contributed by atoms with Gasteiger partial charge in [-0.15, -0.1) is 0 Å². The first-order chi connectivity index (χ1) is 13.5. The van der Waals surface area contributed by atoms with Crippen LogP contribution in [0.2, 0.25) is 0 Å². The number of esters is 1. The van der Waals surface area contributed by atoms with E-state index >= 15 is 0 Å². The number of anilines is 2. The minimum Gasteiger partial charge on any atom is -0.460 e. The minimum atomic E-state index is -0.488. The van der Waals surface area contributed by atoms with Gasteiger partial charge in [-0.3, -0.25) is 15.0 Å². The van der Waals surface area contributed by atoms with Crippen LogP contribution in [0.5, 0.6) is 0 Å². The summed E-state index contributed by atoms with van der Waals surface area (Å²) in [5.74, 6) is -0.686. The molecular formula is C22H28N4O3. The molecular weight excluding hydrogens is 368 g/mol. The summed E-state index contributed by atoms with van der Waals surface area (Å²) in [6.07, 6.45) is 0.876. The largest absolute Gasteiger partial charge is 0.460 e. The Hall–Kier alpha value is -3.35. The third kappa shape index (κ3) is 7.29.